The van der Waals surface area contributed by atoms with Crippen molar-refractivity contribution in [3.63, 3.8) is 0 Å². The Hall–Kier alpha value is -2.77. The van der Waals surface area contributed by atoms with E-state index >= 15 is 0 Å². The highest BCUT2D eigenvalue weighted by Crippen LogP contribution is 2.35. The lowest BCUT2D eigenvalue weighted by molar-refractivity contribution is -0.131. The number of nitrogens with one attached hydrogen (secondary N) is 2. The van der Waals surface area contributed by atoms with Crippen molar-refractivity contribution in [2.45, 2.75) is 50.6 Å². The largest absolute Gasteiger partial charge is 0.486 e. The van der Waals surface area contributed by atoms with Crippen LogP contribution in [0.1, 0.15) is 50.6 Å². The van der Waals surface area contributed by atoms with E-state index in [2.05, 4.69) is 10.6 Å². The molecule has 150 valence electrons. The van der Waals surface area contributed by atoms with Crippen LogP contribution in [0.15, 0.2) is 18.2 Å². The van der Waals surface area contributed by atoms with Gasteiger partial charge < -0.3 is 20.1 Å². The van der Waals surface area contributed by atoms with Crippen LogP contribution < -0.4 is 20.1 Å². The molecule has 8 nitrogen and oxygen atoms in total. The smallest absolute Gasteiger partial charge is 0.325 e. The highest BCUT2D eigenvalue weighted by Gasteiger charge is 2.52. The molecule has 1 atom stereocenters. The molecule has 2 aliphatic heterocycles. The van der Waals surface area contributed by atoms with E-state index in [0.717, 1.165) is 18.4 Å². The number of fused-ring (bicyclic) bond motifs is 1. The maximum Gasteiger partial charge on any atom is 0.325 e. The number of urea groups is 1. The summed E-state index contributed by atoms with van der Waals surface area (Å²) >= 11 is 0. The molecule has 2 heterocycles. The van der Waals surface area contributed by atoms with Gasteiger partial charge in [0.25, 0.3) is 5.91 Å². The number of imide groups is 1. The van der Waals surface area contributed by atoms with E-state index < -0.39 is 5.54 Å². The number of hydrogen-bond acceptors (Lipinski definition) is 5. The van der Waals surface area contributed by atoms with Crippen molar-refractivity contribution in [3.05, 3.63) is 23.8 Å². The van der Waals surface area contributed by atoms with Crippen molar-refractivity contribution in [2.24, 2.45) is 0 Å². The van der Waals surface area contributed by atoms with Crippen LogP contribution in [-0.4, -0.2) is 48.0 Å². The third-order valence-corrected chi connectivity index (χ3v) is 5.71. The van der Waals surface area contributed by atoms with Gasteiger partial charge in [0.2, 0.25) is 5.91 Å². The zero-order valence-electron chi connectivity index (χ0n) is 16.0. The van der Waals surface area contributed by atoms with Crippen LogP contribution in [0, 0.1) is 0 Å². The molecule has 3 aliphatic rings. The number of nitrogens with zero attached hydrogens (tertiary/aromatic N) is 1. The minimum atomic E-state index is -0.730. The zero-order chi connectivity index (χ0) is 19.7. The molecule has 1 unspecified atom stereocenters. The summed E-state index contributed by atoms with van der Waals surface area (Å²) in [5, 5.41) is 5.74. The fraction of sp³-hybridized carbons (Fsp3) is 0.550. The highest BCUT2D eigenvalue weighted by molar-refractivity contribution is 6.07. The second-order valence-corrected chi connectivity index (χ2v) is 7.62. The van der Waals surface area contributed by atoms with Crippen LogP contribution in [0.4, 0.5) is 4.79 Å². The molecule has 4 rings (SSSR count). The maximum absolute atomic E-state index is 12.6. The molecule has 0 bridgehead atoms. The Morgan fingerprint density at radius 1 is 1.21 bits per heavy atom. The van der Waals surface area contributed by atoms with Crippen LogP contribution in [0.2, 0.25) is 0 Å². The van der Waals surface area contributed by atoms with E-state index in [1.165, 1.54) is 4.90 Å². The Kier molecular flexibility index (Phi) is 4.87. The Bertz CT molecular complexity index is 803. The number of benzene rings is 1. The van der Waals surface area contributed by atoms with Crippen LogP contribution >= 0.6 is 0 Å². The van der Waals surface area contributed by atoms with E-state index in [1.54, 1.807) is 0 Å². The van der Waals surface area contributed by atoms with Crippen LogP contribution in [0.3, 0.4) is 0 Å². The molecule has 1 saturated heterocycles. The van der Waals surface area contributed by atoms with Gasteiger partial charge >= 0.3 is 6.03 Å². The molecule has 2 N–H and O–H groups in total. The third kappa shape index (κ3) is 3.39. The average Bonchev–Trinajstić information content (AvgIpc) is 3.25. The summed E-state index contributed by atoms with van der Waals surface area (Å²) in [5.74, 6) is 0.969. The minimum absolute atomic E-state index is 0.0735. The number of carbonyl (C=O) groups excluding carboxylic acids is 3. The molecule has 1 aromatic carbocycles. The Labute approximate surface area is 163 Å². The molecule has 2 fully saturated rings. The second kappa shape index (κ2) is 7.33. The second-order valence-electron chi connectivity index (χ2n) is 7.62. The summed E-state index contributed by atoms with van der Waals surface area (Å²) in [6, 6.07) is 4.97. The Morgan fingerprint density at radius 3 is 2.68 bits per heavy atom. The normalized spacial score (nSPS) is 21.0. The summed E-state index contributed by atoms with van der Waals surface area (Å²) in [4.78, 5) is 38.3. The topological polar surface area (TPSA) is 97.0 Å². The zero-order valence-corrected chi connectivity index (χ0v) is 16.0. The van der Waals surface area contributed by atoms with E-state index in [9.17, 15) is 14.4 Å². The molecule has 28 heavy (non-hydrogen) atoms. The van der Waals surface area contributed by atoms with E-state index in [1.807, 2.05) is 25.1 Å². The van der Waals surface area contributed by atoms with Crippen LogP contribution in [-0.2, 0) is 9.59 Å². The summed E-state index contributed by atoms with van der Waals surface area (Å²) in [6.07, 6.45) is 3.31. The van der Waals surface area contributed by atoms with Gasteiger partial charge in [0.05, 0.1) is 6.04 Å². The van der Waals surface area contributed by atoms with Gasteiger partial charge in [-0.3, -0.25) is 14.5 Å². The standard InChI is InChI=1S/C20H25N3O5/c1-13(14-4-5-15-16(12-14)28-11-10-27-15)21-17(24)6-9-23-18(25)20(22-19(23)26)7-2-3-8-20/h4-5,12-13H,2-3,6-11H2,1H3,(H,21,24)(H,22,26). The van der Waals surface area contributed by atoms with Gasteiger partial charge in [0.1, 0.15) is 18.8 Å². The number of rotatable bonds is 5. The van der Waals surface area contributed by atoms with Crippen molar-refractivity contribution in [1.29, 1.82) is 0 Å². The van der Waals surface area contributed by atoms with Crippen LogP contribution in [0.5, 0.6) is 11.5 Å². The van der Waals surface area contributed by atoms with Crippen molar-refractivity contribution in [3.8, 4) is 11.5 Å². The number of ether oxygens (including phenoxy) is 2. The molecular formula is C20H25N3O5. The molecule has 4 amide bonds. The lowest BCUT2D eigenvalue weighted by Crippen LogP contribution is -2.44. The van der Waals surface area contributed by atoms with Gasteiger partial charge in [-0.1, -0.05) is 18.9 Å². The summed E-state index contributed by atoms with van der Waals surface area (Å²) in [6.45, 7) is 3.00. The van der Waals surface area contributed by atoms with Gasteiger partial charge in [0.15, 0.2) is 11.5 Å². The Balaban J connectivity index is 1.32. The highest BCUT2D eigenvalue weighted by atomic mass is 16.6. The first-order valence-electron chi connectivity index (χ1n) is 9.81. The summed E-state index contributed by atoms with van der Waals surface area (Å²) in [5.41, 5.74) is 0.170. The predicted octanol–water partition coefficient (Wildman–Crippen LogP) is 1.89. The van der Waals surface area contributed by atoms with E-state index in [-0.39, 0.29) is 36.9 Å². The molecule has 1 saturated carbocycles. The average molecular weight is 387 g/mol. The maximum atomic E-state index is 12.6. The van der Waals surface area contributed by atoms with Crippen molar-refractivity contribution < 1.29 is 23.9 Å². The quantitative estimate of drug-likeness (QED) is 0.752. The fourth-order valence-electron chi connectivity index (χ4n) is 4.14. The number of carbonyl (C=O) groups is 3. The predicted molar refractivity (Wildman–Crippen MR) is 100 cm³/mol. The SMILES string of the molecule is CC(NC(=O)CCN1C(=O)NC2(CCCC2)C1=O)c1ccc2c(c1)OCCO2. The molecule has 1 spiro atoms. The first-order chi connectivity index (χ1) is 13.5. The lowest BCUT2D eigenvalue weighted by atomic mass is 9.98. The first kappa shape index (κ1) is 18.6. The van der Waals surface area contributed by atoms with Gasteiger partial charge in [-0.25, -0.2) is 4.79 Å². The van der Waals surface area contributed by atoms with Crippen LogP contribution in [0.25, 0.3) is 0 Å². The minimum Gasteiger partial charge on any atom is -0.486 e. The van der Waals surface area contributed by atoms with E-state index in [4.69, 9.17) is 9.47 Å². The van der Waals surface area contributed by atoms with Crippen molar-refractivity contribution in [2.75, 3.05) is 19.8 Å². The summed E-state index contributed by atoms with van der Waals surface area (Å²) < 4.78 is 11.1. The molecule has 0 aromatic heterocycles. The third-order valence-electron chi connectivity index (χ3n) is 5.71. The molecule has 8 heteroatoms. The first-order valence-corrected chi connectivity index (χ1v) is 9.81. The lowest BCUT2D eigenvalue weighted by Gasteiger charge is -2.21. The van der Waals surface area contributed by atoms with Gasteiger partial charge in [-0.15, -0.1) is 0 Å². The van der Waals surface area contributed by atoms with Crippen molar-refractivity contribution in [1.82, 2.24) is 15.5 Å². The Morgan fingerprint density at radius 2 is 1.93 bits per heavy atom. The van der Waals surface area contributed by atoms with Crippen molar-refractivity contribution >= 4 is 17.8 Å². The monoisotopic (exact) mass is 387 g/mol. The number of hydrogen-bond donors (Lipinski definition) is 2. The van der Waals surface area contributed by atoms with E-state index in [0.29, 0.717) is 37.6 Å². The van der Waals surface area contributed by atoms with Gasteiger partial charge in [0, 0.05) is 13.0 Å². The molecular weight excluding hydrogens is 362 g/mol. The molecule has 1 aliphatic carbocycles. The molecule has 0 radical (unpaired) electrons. The van der Waals surface area contributed by atoms with Gasteiger partial charge in [-0.2, -0.15) is 0 Å². The van der Waals surface area contributed by atoms with Gasteiger partial charge in [-0.05, 0) is 37.5 Å². The fourth-order valence-corrected chi connectivity index (χ4v) is 4.14. The summed E-state index contributed by atoms with van der Waals surface area (Å²) in [7, 11) is 0. The number of amides is 4. The molecule has 1 aromatic rings.